The third kappa shape index (κ3) is 2.40. The van der Waals surface area contributed by atoms with Crippen LogP contribution < -0.4 is 0 Å². The first kappa shape index (κ1) is 11.3. The Morgan fingerprint density at radius 1 is 0.611 bits per heavy atom. The van der Waals surface area contributed by atoms with Crippen molar-refractivity contribution in [3.05, 3.63) is 81.7 Å². The molecule has 0 amide bonds. The summed E-state index contributed by atoms with van der Waals surface area (Å²) in [6.45, 7) is 0. The number of ether oxygens (including phenoxy) is 1. The van der Waals surface area contributed by atoms with Gasteiger partial charge in [-0.25, -0.2) is 0 Å². The summed E-state index contributed by atoms with van der Waals surface area (Å²) in [7, 11) is 0. The van der Waals surface area contributed by atoms with Crippen LogP contribution in [0.3, 0.4) is 0 Å². The predicted octanol–water partition coefficient (Wildman–Crippen LogP) is 3.72. The maximum absolute atomic E-state index is 6.00. The van der Waals surface area contributed by atoms with Crippen LogP contribution in [0.2, 0.25) is 0 Å². The Bertz CT molecular complexity index is 532. The number of hydrogen-bond donors (Lipinski definition) is 0. The van der Waals surface area contributed by atoms with Gasteiger partial charge in [-0.1, -0.05) is 0 Å². The summed E-state index contributed by atoms with van der Waals surface area (Å²) in [4.78, 5) is 4.35. The molecule has 0 radical (unpaired) electrons. The summed E-state index contributed by atoms with van der Waals surface area (Å²) in [5, 5.41) is 0. The van der Waals surface area contributed by atoms with Crippen molar-refractivity contribution in [2.24, 2.45) is 0 Å². The topological polar surface area (TPSA) is 9.23 Å². The molecule has 2 aromatic carbocycles. The second kappa shape index (κ2) is 5.26. The quantitative estimate of drug-likeness (QED) is 0.768. The molecule has 0 atom stereocenters. The van der Waals surface area contributed by atoms with Crippen LogP contribution in [-0.2, 0) is 4.74 Å². The first-order valence-corrected chi connectivity index (χ1v) is 7.76. The molecule has 0 aromatic heterocycles. The Morgan fingerprint density at radius 2 is 1.06 bits per heavy atom. The van der Waals surface area contributed by atoms with Crippen LogP contribution in [0, 0.1) is 0 Å². The van der Waals surface area contributed by atoms with Crippen molar-refractivity contribution in [3.8, 4) is 0 Å². The molecule has 1 heterocycles. The Hall–Kier alpha value is -1.76. The van der Waals surface area contributed by atoms with E-state index in [1.807, 2.05) is 36.4 Å². The van der Waals surface area contributed by atoms with Crippen molar-refractivity contribution < 1.29 is 4.74 Å². The molecule has 0 aliphatic carbocycles. The fourth-order valence-electron chi connectivity index (χ4n) is 1.78. The molecule has 1 aliphatic rings. The molecule has 18 heavy (non-hydrogen) atoms. The van der Waals surface area contributed by atoms with Gasteiger partial charge in [-0.05, 0) is 0 Å². The molecule has 88 valence electrons. The monoisotopic (exact) mass is 300 g/mol. The van der Waals surface area contributed by atoms with Crippen molar-refractivity contribution in [2.75, 3.05) is 0 Å². The average Bonchev–Trinajstić information content (AvgIpc) is 2.49. The van der Waals surface area contributed by atoms with Crippen LogP contribution in [0.5, 0.6) is 0 Å². The van der Waals surface area contributed by atoms with E-state index < -0.39 is 0 Å². The third-order valence-electron chi connectivity index (χ3n) is 2.69. The number of benzene rings is 2. The van der Waals surface area contributed by atoms with E-state index in [2.05, 4.69) is 34.2 Å². The molecule has 1 aliphatic heterocycles. The van der Waals surface area contributed by atoms with Gasteiger partial charge in [0.25, 0.3) is 0 Å². The Kier molecular flexibility index (Phi) is 3.31. The first-order chi connectivity index (χ1) is 8.93. The van der Waals surface area contributed by atoms with E-state index in [-0.39, 0.29) is 0 Å². The zero-order chi connectivity index (χ0) is 12.2. The Morgan fingerprint density at radius 3 is 1.50 bits per heavy atom. The fraction of sp³-hybridized carbons (Fsp3) is 0. The van der Waals surface area contributed by atoms with Gasteiger partial charge in [0.1, 0.15) is 0 Å². The van der Waals surface area contributed by atoms with Crippen molar-refractivity contribution >= 4 is 26.5 Å². The van der Waals surface area contributed by atoms with Crippen LogP contribution in [0.4, 0.5) is 0 Å². The molecular weight excluding hydrogens is 287 g/mol. The minimum absolute atomic E-state index is 0.356. The van der Waals surface area contributed by atoms with E-state index in [0.717, 1.165) is 22.6 Å². The van der Waals surface area contributed by atoms with E-state index in [0.29, 0.717) is 15.0 Å². The normalized spacial score (nSPS) is 14.4. The molecule has 3 rings (SSSR count). The van der Waals surface area contributed by atoms with E-state index in [9.17, 15) is 0 Å². The van der Waals surface area contributed by atoms with Crippen LogP contribution >= 0.6 is 0 Å². The van der Waals surface area contributed by atoms with Gasteiger partial charge in [0.15, 0.2) is 0 Å². The molecule has 0 spiro atoms. The van der Waals surface area contributed by atoms with E-state index >= 15 is 0 Å². The third-order valence-corrected chi connectivity index (χ3v) is 4.16. The zero-order valence-corrected chi connectivity index (χ0v) is 11.5. The van der Waals surface area contributed by atoms with Gasteiger partial charge in [-0.2, -0.15) is 0 Å². The standard InChI is InChI=1S/C16H12OSe/c1-3-7-13(8-4-1)15-11-18-12-16(17-15)14-9-5-2-6-10-14/h1-12H. The average molecular weight is 299 g/mol. The van der Waals surface area contributed by atoms with Crippen LogP contribution in [-0.4, -0.2) is 15.0 Å². The summed E-state index contributed by atoms with van der Waals surface area (Å²) in [6, 6.07) is 20.5. The fourth-order valence-corrected chi connectivity index (χ4v) is 3.22. The molecule has 0 N–H and O–H groups in total. The summed E-state index contributed by atoms with van der Waals surface area (Å²) in [6.07, 6.45) is 0. The van der Waals surface area contributed by atoms with Gasteiger partial charge in [0.2, 0.25) is 0 Å². The van der Waals surface area contributed by atoms with E-state index in [1.54, 1.807) is 0 Å². The van der Waals surface area contributed by atoms with Gasteiger partial charge in [-0.15, -0.1) is 0 Å². The molecule has 0 saturated carbocycles. The molecule has 0 unspecified atom stereocenters. The molecule has 2 heteroatoms. The Labute approximate surface area is 113 Å². The maximum atomic E-state index is 6.00. The van der Waals surface area contributed by atoms with E-state index in [1.165, 1.54) is 0 Å². The van der Waals surface area contributed by atoms with Crippen molar-refractivity contribution in [1.82, 2.24) is 0 Å². The molecule has 0 saturated heterocycles. The minimum atomic E-state index is 0.356. The molecule has 0 fully saturated rings. The van der Waals surface area contributed by atoms with Crippen LogP contribution in [0.1, 0.15) is 11.1 Å². The van der Waals surface area contributed by atoms with Gasteiger partial charge >= 0.3 is 113 Å². The predicted molar refractivity (Wildman–Crippen MR) is 75.7 cm³/mol. The Balaban J connectivity index is 1.85. The molecule has 0 bridgehead atoms. The summed E-state index contributed by atoms with van der Waals surface area (Å²) in [5.74, 6) is 1.94. The van der Waals surface area contributed by atoms with Crippen molar-refractivity contribution in [2.45, 2.75) is 0 Å². The van der Waals surface area contributed by atoms with Gasteiger partial charge < -0.3 is 0 Å². The number of rotatable bonds is 2. The zero-order valence-electron chi connectivity index (χ0n) is 9.74. The second-order valence-electron chi connectivity index (χ2n) is 3.93. The summed E-state index contributed by atoms with van der Waals surface area (Å²) >= 11 is 0.356. The second-order valence-corrected chi connectivity index (χ2v) is 5.49. The molecule has 2 aromatic rings. The van der Waals surface area contributed by atoms with Crippen molar-refractivity contribution in [1.29, 1.82) is 0 Å². The summed E-state index contributed by atoms with van der Waals surface area (Å²) < 4.78 is 6.00. The van der Waals surface area contributed by atoms with Crippen LogP contribution in [0.25, 0.3) is 11.5 Å². The van der Waals surface area contributed by atoms with Crippen molar-refractivity contribution in [3.63, 3.8) is 0 Å². The van der Waals surface area contributed by atoms with Gasteiger partial charge in [-0.3, -0.25) is 0 Å². The van der Waals surface area contributed by atoms with Crippen LogP contribution in [0.15, 0.2) is 70.6 Å². The van der Waals surface area contributed by atoms with E-state index in [4.69, 9.17) is 4.74 Å². The van der Waals surface area contributed by atoms with Gasteiger partial charge in [0.05, 0.1) is 0 Å². The first-order valence-electron chi connectivity index (χ1n) is 5.78. The molecular formula is C16H12OSe. The van der Waals surface area contributed by atoms with Gasteiger partial charge in [0, 0.05) is 0 Å². The summed E-state index contributed by atoms with van der Waals surface area (Å²) in [5.41, 5.74) is 2.28. The molecule has 1 nitrogen and oxygen atoms in total. The number of hydrogen-bond acceptors (Lipinski definition) is 1. The SMILES string of the molecule is C1=C(c2ccccc2)OC(c2ccccc2)=C[Se]1.